The molecule has 2 atom stereocenters. The minimum Gasteiger partial charge on any atom is -0.504 e. The largest absolute Gasteiger partial charge is 0.504 e. The summed E-state index contributed by atoms with van der Waals surface area (Å²) in [6.45, 7) is 3.58. The molecule has 4 rings (SSSR count). The van der Waals surface area contributed by atoms with Crippen LogP contribution in [0.2, 0.25) is 0 Å². The fourth-order valence-corrected chi connectivity index (χ4v) is 5.28. The Kier molecular flexibility index (Phi) is 11.9. The van der Waals surface area contributed by atoms with Crippen molar-refractivity contribution in [2.24, 2.45) is 0 Å². The lowest BCUT2D eigenvalue weighted by atomic mass is 9.95. The van der Waals surface area contributed by atoms with Crippen LogP contribution in [0.3, 0.4) is 0 Å². The van der Waals surface area contributed by atoms with Crippen LogP contribution in [0.4, 0.5) is 0 Å². The highest BCUT2D eigenvalue weighted by Gasteiger charge is 2.28. The Hall–Kier alpha value is -4.73. The number of aromatic hydroxyl groups is 1. The van der Waals surface area contributed by atoms with E-state index in [0.29, 0.717) is 33.8 Å². The van der Waals surface area contributed by atoms with Gasteiger partial charge in [-0.05, 0) is 78.1 Å². The average molecular weight is 631 g/mol. The Morgan fingerprint density at radius 1 is 0.739 bits per heavy atom. The van der Waals surface area contributed by atoms with Gasteiger partial charge in [0.05, 0.1) is 33.5 Å². The minimum atomic E-state index is -1.33. The molecular weight excluding hydrogens is 588 g/mol. The Balaban J connectivity index is 1.73. The molecule has 0 aromatic heterocycles. The second kappa shape index (κ2) is 16.0. The molecule has 4 aromatic carbocycles. The lowest BCUT2D eigenvalue weighted by Crippen LogP contribution is -2.29. The van der Waals surface area contributed by atoms with E-state index in [9.17, 15) is 20.1 Å². The molecule has 0 bridgehead atoms. The van der Waals surface area contributed by atoms with E-state index in [-0.39, 0.29) is 23.0 Å². The van der Waals surface area contributed by atoms with Crippen LogP contribution in [0.25, 0.3) is 11.1 Å². The number of phenols is 1. The smallest absolute Gasteiger partial charge is 0.343 e. The summed E-state index contributed by atoms with van der Waals surface area (Å²) in [5.74, 6) is 0.710. The van der Waals surface area contributed by atoms with E-state index < -0.39 is 24.8 Å². The molecule has 0 aliphatic rings. The van der Waals surface area contributed by atoms with Crippen molar-refractivity contribution in [3.63, 3.8) is 0 Å². The molecule has 2 unspecified atom stereocenters. The molecule has 0 aliphatic carbocycles. The lowest BCUT2D eigenvalue weighted by Gasteiger charge is -2.26. The van der Waals surface area contributed by atoms with E-state index in [1.165, 1.54) is 33.5 Å². The van der Waals surface area contributed by atoms with Gasteiger partial charge in [0.25, 0.3) is 0 Å². The highest BCUT2D eigenvalue weighted by atomic mass is 16.6. The van der Waals surface area contributed by atoms with E-state index in [4.69, 9.17) is 23.7 Å². The summed E-state index contributed by atoms with van der Waals surface area (Å²) >= 11 is 0. The highest BCUT2D eigenvalue weighted by molar-refractivity contribution is 5.91. The minimum absolute atomic E-state index is 0.0608. The number of carbonyl (C=O) groups is 1. The molecule has 0 spiro atoms. The first kappa shape index (κ1) is 34.1. The van der Waals surface area contributed by atoms with E-state index in [0.717, 1.165) is 36.8 Å². The maximum Gasteiger partial charge on any atom is 0.343 e. The molecule has 0 aliphatic heterocycles. The zero-order chi connectivity index (χ0) is 33.2. The number of phenolic OH excluding ortho intramolecular Hbond substituents is 1. The van der Waals surface area contributed by atoms with E-state index in [1.807, 2.05) is 24.3 Å². The number of esters is 1. The number of ether oxygens (including phenoxy) is 5. The molecule has 46 heavy (non-hydrogen) atoms. The van der Waals surface area contributed by atoms with Gasteiger partial charge in [-0.3, -0.25) is 0 Å². The van der Waals surface area contributed by atoms with Gasteiger partial charge in [0.2, 0.25) is 0 Å². The number of benzene rings is 4. The van der Waals surface area contributed by atoms with Crippen LogP contribution in [0, 0.1) is 0 Å². The molecule has 3 N–H and O–H groups in total. The van der Waals surface area contributed by atoms with Crippen LogP contribution in [0.1, 0.15) is 59.8 Å². The molecule has 9 nitrogen and oxygen atoms in total. The SMILES string of the molecule is CCCc1cc(OC)c(O)c(-c2cc(CCC)cc(OC)c2OC(CO)C(O)c2ccc(OC(=O)c3ccccc3)c(OC)c2)c1. The topological polar surface area (TPSA) is 124 Å². The lowest BCUT2D eigenvalue weighted by molar-refractivity contribution is -0.000202. The molecular formula is C37H42O9. The van der Waals surface area contributed by atoms with Gasteiger partial charge in [0.1, 0.15) is 6.10 Å². The van der Waals surface area contributed by atoms with E-state index in [1.54, 1.807) is 36.4 Å². The summed E-state index contributed by atoms with van der Waals surface area (Å²) < 4.78 is 28.6. The molecule has 0 heterocycles. The second-order valence-corrected chi connectivity index (χ2v) is 10.8. The van der Waals surface area contributed by atoms with Crippen molar-refractivity contribution in [3.05, 3.63) is 95.1 Å². The highest BCUT2D eigenvalue weighted by Crippen LogP contribution is 2.47. The van der Waals surface area contributed by atoms with Crippen molar-refractivity contribution < 1.29 is 43.8 Å². The zero-order valence-electron chi connectivity index (χ0n) is 26.9. The third-order valence-corrected chi connectivity index (χ3v) is 7.60. The fourth-order valence-electron chi connectivity index (χ4n) is 5.28. The first-order valence-electron chi connectivity index (χ1n) is 15.3. The van der Waals surface area contributed by atoms with E-state index >= 15 is 0 Å². The number of aliphatic hydroxyl groups is 2. The number of aliphatic hydroxyl groups excluding tert-OH is 2. The van der Waals surface area contributed by atoms with Gasteiger partial charge in [-0.2, -0.15) is 0 Å². The normalized spacial score (nSPS) is 12.2. The monoisotopic (exact) mass is 630 g/mol. The first-order chi connectivity index (χ1) is 22.3. The zero-order valence-corrected chi connectivity index (χ0v) is 26.9. The molecule has 244 valence electrons. The number of aryl methyl sites for hydroxylation is 2. The number of carbonyl (C=O) groups excluding carboxylic acids is 1. The Morgan fingerprint density at radius 2 is 1.35 bits per heavy atom. The molecule has 0 saturated carbocycles. The summed E-state index contributed by atoms with van der Waals surface area (Å²) in [5, 5.41) is 33.2. The Bertz CT molecular complexity index is 1620. The summed E-state index contributed by atoms with van der Waals surface area (Å²) in [6, 6.07) is 20.6. The van der Waals surface area contributed by atoms with Crippen molar-refractivity contribution in [1.29, 1.82) is 0 Å². The Labute approximate surface area is 269 Å². The standard InChI is InChI=1S/C37H42O9/c1-6-11-23-17-27(35(40)31(19-23)43-4)28-18-24(12-7-2)20-32(44-5)36(28)45-33(22-38)34(39)26-15-16-29(30(21-26)42-3)46-37(41)25-13-9-8-10-14-25/h8-10,13-21,33-34,38-40H,6-7,11-12,22H2,1-5H3. The van der Waals surface area contributed by atoms with Crippen LogP contribution in [-0.4, -0.2) is 55.3 Å². The van der Waals surface area contributed by atoms with Crippen LogP contribution in [0.5, 0.6) is 34.5 Å². The first-order valence-corrected chi connectivity index (χ1v) is 15.3. The molecule has 0 radical (unpaired) electrons. The van der Waals surface area contributed by atoms with Crippen molar-refractivity contribution in [1.82, 2.24) is 0 Å². The van der Waals surface area contributed by atoms with E-state index in [2.05, 4.69) is 13.8 Å². The van der Waals surface area contributed by atoms with Crippen molar-refractivity contribution in [2.75, 3.05) is 27.9 Å². The van der Waals surface area contributed by atoms with Gasteiger partial charge in [-0.1, -0.05) is 51.0 Å². The molecule has 0 fully saturated rings. The number of rotatable bonds is 15. The van der Waals surface area contributed by atoms with Crippen molar-refractivity contribution >= 4 is 5.97 Å². The second-order valence-electron chi connectivity index (χ2n) is 10.8. The van der Waals surface area contributed by atoms with Gasteiger partial charge in [-0.15, -0.1) is 0 Å². The van der Waals surface area contributed by atoms with Crippen LogP contribution < -0.4 is 23.7 Å². The summed E-state index contributed by atoms with van der Waals surface area (Å²) in [5.41, 5.74) is 3.67. The maximum absolute atomic E-state index is 12.6. The summed E-state index contributed by atoms with van der Waals surface area (Å²) in [4.78, 5) is 12.6. The maximum atomic E-state index is 12.6. The third kappa shape index (κ3) is 7.73. The number of hydrogen-bond acceptors (Lipinski definition) is 9. The van der Waals surface area contributed by atoms with Crippen LogP contribution in [0.15, 0.2) is 72.8 Å². The molecule has 9 heteroatoms. The average Bonchev–Trinajstić information content (AvgIpc) is 3.08. The van der Waals surface area contributed by atoms with Crippen molar-refractivity contribution in [3.8, 4) is 45.6 Å². The van der Waals surface area contributed by atoms with Gasteiger partial charge in [0, 0.05) is 11.1 Å². The van der Waals surface area contributed by atoms with Gasteiger partial charge in [0.15, 0.2) is 40.6 Å². The fraction of sp³-hybridized carbons (Fsp3) is 0.324. The van der Waals surface area contributed by atoms with Crippen LogP contribution >= 0.6 is 0 Å². The predicted octanol–water partition coefficient (Wildman–Crippen LogP) is 6.68. The van der Waals surface area contributed by atoms with Gasteiger partial charge < -0.3 is 39.0 Å². The summed E-state index contributed by atoms with van der Waals surface area (Å²) in [6.07, 6.45) is 0.799. The predicted molar refractivity (Wildman–Crippen MR) is 175 cm³/mol. The summed E-state index contributed by atoms with van der Waals surface area (Å²) in [7, 11) is 4.44. The van der Waals surface area contributed by atoms with Gasteiger partial charge >= 0.3 is 5.97 Å². The van der Waals surface area contributed by atoms with Crippen molar-refractivity contribution in [2.45, 2.75) is 51.7 Å². The Morgan fingerprint density at radius 3 is 1.93 bits per heavy atom. The third-order valence-electron chi connectivity index (χ3n) is 7.60. The van der Waals surface area contributed by atoms with Crippen LogP contribution in [-0.2, 0) is 12.8 Å². The molecule has 0 amide bonds. The molecule has 4 aromatic rings. The molecule has 0 saturated heterocycles. The quantitative estimate of drug-likeness (QED) is 0.0974. The number of methoxy groups -OCH3 is 3. The number of hydrogen-bond donors (Lipinski definition) is 3. The van der Waals surface area contributed by atoms with Gasteiger partial charge in [-0.25, -0.2) is 4.79 Å².